The Morgan fingerprint density at radius 3 is 1.48 bits per heavy atom. The van der Waals surface area contributed by atoms with Crippen molar-refractivity contribution < 1.29 is 16.8 Å². The van der Waals surface area contributed by atoms with Gasteiger partial charge in [0.2, 0.25) is 0 Å². The molecule has 33 heavy (non-hydrogen) atoms. The number of nitrogens with two attached hydrogens (primary N) is 1. The van der Waals surface area contributed by atoms with E-state index >= 15 is 0 Å². The molecule has 0 saturated carbocycles. The molecule has 0 spiro atoms. The first-order valence-electron chi connectivity index (χ1n) is 11.7. The van der Waals surface area contributed by atoms with Crippen LogP contribution >= 0.6 is 0 Å². The first kappa shape index (κ1) is 25.9. The lowest BCUT2D eigenvalue weighted by Crippen LogP contribution is -2.33. The zero-order valence-electron chi connectivity index (χ0n) is 19.6. The summed E-state index contributed by atoms with van der Waals surface area (Å²) >= 11 is 0. The van der Waals surface area contributed by atoms with E-state index in [0.29, 0.717) is 55.1 Å². The molecule has 1 saturated heterocycles. The molecule has 2 unspecified atom stereocenters. The molecule has 3 rings (SSSR count). The molecular weight excluding hydrogens is 456 g/mol. The fourth-order valence-electron chi connectivity index (χ4n) is 4.43. The van der Waals surface area contributed by atoms with E-state index in [-0.39, 0.29) is 0 Å². The third-order valence-electron chi connectivity index (χ3n) is 6.60. The van der Waals surface area contributed by atoms with Crippen molar-refractivity contribution in [2.75, 3.05) is 26.2 Å². The van der Waals surface area contributed by atoms with Gasteiger partial charge < -0.3 is 10.6 Å². The minimum atomic E-state index is -3.56. The summed E-state index contributed by atoms with van der Waals surface area (Å²) < 4.78 is 53.9. The molecule has 1 fully saturated rings. The maximum absolute atomic E-state index is 13.5. The third kappa shape index (κ3) is 6.44. The fourth-order valence-corrected chi connectivity index (χ4v) is 7.95. The molecular formula is C25H36N2O4S2. The second-order valence-electron chi connectivity index (χ2n) is 9.10. The first-order valence-corrected chi connectivity index (χ1v) is 14.8. The SMILES string of the molecule is Cc1ccc(S(=O)(=O)C2CCC(S(=O)(=O)c3ccc(C)cc3)CCN(CCCN)CC2)cc1. The van der Waals surface area contributed by atoms with Crippen LogP contribution in [0.15, 0.2) is 58.3 Å². The minimum absolute atomic E-state index is 0.309. The lowest BCUT2D eigenvalue weighted by atomic mass is 10.1. The summed E-state index contributed by atoms with van der Waals surface area (Å²) in [5.41, 5.74) is 7.70. The van der Waals surface area contributed by atoms with E-state index in [2.05, 4.69) is 4.90 Å². The Bertz CT molecular complexity index is 1020. The number of benzene rings is 2. The highest BCUT2D eigenvalue weighted by atomic mass is 32.2. The molecule has 0 aliphatic carbocycles. The molecule has 1 aliphatic heterocycles. The van der Waals surface area contributed by atoms with Gasteiger partial charge in [0.15, 0.2) is 19.7 Å². The molecule has 8 heteroatoms. The Hall–Kier alpha value is -1.74. The summed E-state index contributed by atoms with van der Waals surface area (Å²) in [4.78, 5) is 2.79. The highest BCUT2D eigenvalue weighted by molar-refractivity contribution is 7.92. The van der Waals surface area contributed by atoms with Gasteiger partial charge in [-0.25, -0.2) is 16.8 Å². The third-order valence-corrected chi connectivity index (χ3v) is 11.2. The summed E-state index contributed by atoms with van der Waals surface area (Å²) in [5, 5.41) is -1.23. The zero-order chi connectivity index (χ0) is 24.1. The lowest BCUT2D eigenvalue weighted by Gasteiger charge is -2.24. The average molecular weight is 493 g/mol. The molecule has 2 N–H and O–H groups in total. The largest absolute Gasteiger partial charge is 0.330 e. The smallest absolute Gasteiger partial charge is 0.181 e. The van der Waals surface area contributed by atoms with Gasteiger partial charge in [-0.15, -0.1) is 0 Å². The highest BCUT2D eigenvalue weighted by Crippen LogP contribution is 2.29. The van der Waals surface area contributed by atoms with Crippen molar-refractivity contribution in [1.82, 2.24) is 4.90 Å². The van der Waals surface area contributed by atoms with Crippen LogP contribution in [0.25, 0.3) is 0 Å². The van der Waals surface area contributed by atoms with Crippen LogP contribution in [0.2, 0.25) is 0 Å². The molecule has 2 atom stereocenters. The van der Waals surface area contributed by atoms with Crippen LogP contribution in [-0.4, -0.2) is 58.4 Å². The van der Waals surface area contributed by atoms with Gasteiger partial charge in [-0.05, 0) is 96.4 Å². The van der Waals surface area contributed by atoms with Gasteiger partial charge >= 0.3 is 0 Å². The number of nitrogens with zero attached hydrogens (tertiary/aromatic N) is 1. The molecule has 2 aromatic carbocycles. The van der Waals surface area contributed by atoms with Crippen molar-refractivity contribution in [1.29, 1.82) is 0 Å². The fraction of sp³-hybridized carbons (Fsp3) is 0.520. The lowest BCUT2D eigenvalue weighted by molar-refractivity contribution is 0.267. The van der Waals surface area contributed by atoms with Crippen LogP contribution in [0.1, 0.15) is 43.2 Å². The summed E-state index contributed by atoms with van der Waals surface area (Å²) in [5.74, 6) is 0. The van der Waals surface area contributed by atoms with Crippen LogP contribution in [0.4, 0.5) is 0 Å². The topological polar surface area (TPSA) is 97.5 Å². The van der Waals surface area contributed by atoms with Gasteiger partial charge in [0.25, 0.3) is 0 Å². The summed E-state index contributed by atoms with van der Waals surface area (Å²) in [7, 11) is -7.13. The van der Waals surface area contributed by atoms with Gasteiger partial charge in [-0.3, -0.25) is 0 Å². The van der Waals surface area contributed by atoms with Gasteiger partial charge in [0.1, 0.15) is 0 Å². The van der Waals surface area contributed by atoms with Gasteiger partial charge in [-0.2, -0.15) is 0 Å². The Morgan fingerprint density at radius 2 is 1.12 bits per heavy atom. The van der Waals surface area contributed by atoms with Crippen molar-refractivity contribution in [2.24, 2.45) is 5.73 Å². The first-order chi connectivity index (χ1) is 15.6. The van der Waals surface area contributed by atoms with E-state index in [0.717, 1.165) is 24.1 Å². The molecule has 1 aliphatic rings. The monoisotopic (exact) mass is 492 g/mol. The number of hydrogen-bond acceptors (Lipinski definition) is 6. The summed E-state index contributed by atoms with van der Waals surface area (Å²) in [6.07, 6.45) is 2.42. The predicted molar refractivity (Wildman–Crippen MR) is 133 cm³/mol. The molecule has 0 bridgehead atoms. The Labute approximate surface area is 199 Å². The van der Waals surface area contributed by atoms with Gasteiger partial charge in [0.05, 0.1) is 20.3 Å². The predicted octanol–water partition coefficient (Wildman–Crippen LogP) is 3.51. The second kappa shape index (κ2) is 11.1. The molecule has 2 aromatic rings. The minimum Gasteiger partial charge on any atom is -0.330 e. The second-order valence-corrected chi connectivity index (χ2v) is 13.6. The van der Waals surface area contributed by atoms with Crippen LogP contribution in [0.3, 0.4) is 0 Å². The van der Waals surface area contributed by atoms with Crippen molar-refractivity contribution in [2.45, 2.75) is 66.2 Å². The molecule has 182 valence electrons. The Balaban J connectivity index is 1.90. The number of aryl methyl sites for hydroxylation is 2. The zero-order valence-corrected chi connectivity index (χ0v) is 21.2. The van der Waals surface area contributed by atoms with E-state index < -0.39 is 30.2 Å². The van der Waals surface area contributed by atoms with Crippen molar-refractivity contribution in [3.8, 4) is 0 Å². The Kier molecular flexibility index (Phi) is 8.72. The molecule has 0 radical (unpaired) electrons. The normalized spacial score (nSPS) is 21.2. The van der Waals surface area contributed by atoms with Crippen LogP contribution in [0, 0.1) is 13.8 Å². The Morgan fingerprint density at radius 1 is 0.727 bits per heavy atom. The van der Waals surface area contributed by atoms with Crippen molar-refractivity contribution in [3.05, 3.63) is 59.7 Å². The maximum Gasteiger partial charge on any atom is 0.181 e. The van der Waals surface area contributed by atoms with E-state index in [1.807, 2.05) is 13.8 Å². The maximum atomic E-state index is 13.5. The van der Waals surface area contributed by atoms with Gasteiger partial charge in [0, 0.05) is 0 Å². The molecule has 0 amide bonds. The highest BCUT2D eigenvalue weighted by Gasteiger charge is 2.34. The van der Waals surface area contributed by atoms with Crippen LogP contribution < -0.4 is 5.73 Å². The van der Waals surface area contributed by atoms with E-state index in [1.165, 1.54) is 0 Å². The van der Waals surface area contributed by atoms with Gasteiger partial charge in [-0.1, -0.05) is 35.4 Å². The van der Waals surface area contributed by atoms with E-state index in [9.17, 15) is 16.8 Å². The molecule has 0 aromatic heterocycles. The van der Waals surface area contributed by atoms with E-state index in [1.54, 1.807) is 48.5 Å². The summed E-state index contributed by atoms with van der Waals surface area (Å²) in [6.45, 7) is 6.37. The average Bonchev–Trinajstić information content (AvgIpc) is 2.89. The van der Waals surface area contributed by atoms with Crippen molar-refractivity contribution in [3.63, 3.8) is 0 Å². The molecule has 1 heterocycles. The standard InChI is InChI=1S/C25H36N2O4S2/c1-20-4-8-22(9-5-20)32(28,29)24-12-13-25(15-19-27(18-14-24)17-3-16-26)33(30,31)23-10-6-21(2)7-11-23/h4-11,24-25H,3,12-19,26H2,1-2H3. The summed E-state index contributed by atoms with van der Waals surface area (Å²) in [6, 6.07) is 13.9. The number of hydrogen-bond donors (Lipinski definition) is 1. The molecule has 6 nitrogen and oxygen atoms in total. The van der Waals surface area contributed by atoms with E-state index in [4.69, 9.17) is 5.73 Å². The quantitative estimate of drug-likeness (QED) is 0.635. The van der Waals surface area contributed by atoms with Crippen LogP contribution in [-0.2, 0) is 19.7 Å². The number of sulfone groups is 2. The van der Waals surface area contributed by atoms with Crippen molar-refractivity contribution >= 4 is 19.7 Å². The number of rotatable bonds is 7. The van der Waals surface area contributed by atoms with Crippen LogP contribution in [0.5, 0.6) is 0 Å².